The smallest absolute Gasteiger partial charge is 0.170 e. The molecule has 0 radical (unpaired) electrons. The van der Waals surface area contributed by atoms with E-state index in [2.05, 4.69) is 0 Å². The fourth-order valence-electron chi connectivity index (χ4n) is 2.67. The molecule has 1 aliphatic rings. The highest BCUT2D eigenvalue weighted by molar-refractivity contribution is 6.00. The van der Waals surface area contributed by atoms with Crippen LogP contribution in [0.4, 0.5) is 0 Å². The summed E-state index contributed by atoms with van der Waals surface area (Å²) < 4.78 is 21.8. The van der Waals surface area contributed by atoms with Crippen LogP contribution in [0, 0.1) is 0 Å². The Morgan fingerprint density at radius 3 is 2.43 bits per heavy atom. The number of carbonyl (C=O) groups excluding carboxylic acids is 1. The van der Waals surface area contributed by atoms with Gasteiger partial charge >= 0.3 is 0 Å². The lowest BCUT2D eigenvalue weighted by Crippen LogP contribution is -2.20. The van der Waals surface area contributed by atoms with Crippen molar-refractivity contribution in [1.29, 1.82) is 0 Å². The van der Waals surface area contributed by atoms with Crippen molar-refractivity contribution in [3.05, 3.63) is 47.5 Å². The molecule has 0 aliphatic carbocycles. The third-order valence-electron chi connectivity index (χ3n) is 3.91. The molecule has 2 aromatic carbocycles. The highest BCUT2D eigenvalue weighted by Gasteiger charge is 2.28. The van der Waals surface area contributed by atoms with Gasteiger partial charge in [-0.2, -0.15) is 0 Å². The van der Waals surface area contributed by atoms with Crippen molar-refractivity contribution in [2.24, 2.45) is 0 Å². The van der Waals surface area contributed by atoms with Crippen LogP contribution in [0.3, 0.4) is 0 Å². The summed E-state index contributed by atoms with van der Waals surface area (Å²) >= 11 is 0. The number of hydrogen-bond acceptors (Lipinski definition) is 5. The number of ether oxygens (including phenoxy) is 4. The van der Waals surface area contributed by atoms with Crippen molar-refractivity contribution < 1.29 is 23.7 Å². The molecule has 3 rings (SSSR count). The second-order valence-electron chi connectivity index (χ2n) is 5.21. The zero-order chi connectivity index (χ0) is 16.4. The van der Waals surface area contributed by atoms with Crippen LogP contribution >= 0.6 is 0 Å². The van der Waals surface area contributed by atoms with Gasteiger partial charge in [-0.3, -0.25) is 4.79 Å². The minimum Gasteiger partial charge on any atom is -0.497 e. The number of ketones is 1. The maximum atomic E-state index is 12.4. The molecule has 0 aromatic heterocycles. The van der Waals surface area contributed by atoms with Crippen LogP contribution in [0.15, 0.2) is 36.4 Å². The quantitative estimate of drug-likeness (QED) is 0.865. The number of rotatable bonds is 4. The normalized spacial score (nSPS) is 16.3. The summed E-state index contributed by atoms with van der Waals surface area (Å²) in [4.78, 5) is 12.4. The van der Waals surface area contributed by atoms with Gasteiger partial charge < -0.3 is 18.9 Å². The summed E-state index contributed by atoms with van der Waals surface area (Å²) in [5, 5.41) is 0. The molecule has 1 unspecified atom stereocenters. The number of Topliss-reactive ketones (excluding diaryl/α,β-unsaturated/α-hetero) is 1. The topological polar surface area (TPSA) is 54.0 Å². The summed E-state index contributed by atoms with van der Waals surface area (Å²) in [5.41, 5.74) is 1.45. The number of fused-ring (bicyclic) bond motifs is 1. The first-order valence-corrected chi connectivity index (χ1v) is 7.26. The third-order valence-corrected chi connectivity index (χ3v) is 3.91. The summed E-state index contributed by atoms with van der Waals surface area (Å²) in [7, 11) is 4.74. The fraction of sp³-hybridized carbons (Fsp3) is 0.278. The maximum Gasteiger partial charge on any atom is 0.170 e. The molecule has 1 aliphatic heterocycles. The fourth-order valence-corrected chi connectivity index (χ4v) is 2.67. The monoisotopic (exact) mass is 314 g/mol. The lowest BCUT2D eigenvalue weighted by molar-refractivity contribution is 0.0849. The Morgan fingerprint density at radius 1 is 0.957 bits per heavy atom. The molecule has 23 heavy (non-hydrogen) atoms. The number of benzene rings is 2. The Hall–Kier alpha value is -2.69. The van der Waals surface area contributed by atoms with Gasteiger partial charge in [0.05, 0.1) is 33.3 Å². The molecule has 0 saturated carbocycles. The molecule has 0 spiro atoms. The van der Waals surface area contributed by atoms with Gasteiger partial charge in [-0.15, -0.1) is 0 Å². The van der Waals surface area contributed by atoms with Gasteiger partial charge in [0.15, 0.2) is 17.3 Å². The van der Waals surface area contributed by atoms with Crippen LogP contribution in [0.25, 0.3) is 0 Å². The molecule has 2 aromatic rings. The number of carbonyl (C=O) groups is 1. The van der Waals surface area contributed by atoms with Crippen LogP contribution in [0.2, 0.25) is 0 Å². The van der Waals surface area contributed by atoms with Crippen molar-refractivity contribution in [1.82, 2.24) is 0 Å². The van der Waals surface area contributed by atoms with Gasteiger partial charge in [-0.1, -0.05) is 6.07 Å². The third kappa shape index (κ3) is 2.82. The SMILES string of the molecule is COc1ccc2c(c1)OC(c1ccc(OC)c(OC)c1)CC2=O. The van der Waals surface area contributed by atoms with E-state index in [-0.39, 0.29) is 18.3 Å². The van der Waals surface area contributed by atoms with Crippen LogP contribution in [0.1, 0.15) is 28.4 Å². The Balaban J connectivity index is 1.94. The minimum atomic E-state index is -0.359. The van der Waals surface area contributed by atoms with E-state index in [1.807, 2.05) is 18.2 Å². The molecule has 1 atom stereocenters. The van der Waals surface area contributed by atoms with Crippen molar-refractivity contribution in [2.75, 3.05) is 21.3 Å². The predicted octanol–water partition coefficient (Wildman–Crippen LogP) is 3.42. The molecule has 0 bridgehead atoms. The Labute approximate surface area is 134 Å². The second-order valence-corrected chi connectivity index (χ2v) is 5.21. The van der Waals surface area contributed by atoms with Gasteiger partial charge in [-0.05, 0) is 29.8 Å². The summed E-state index contributed by atoms with van der Waals surface area (Å²) in [6, 6.07) is 10.8. The number of methoxy groups -OCH3 is 3. The van der Waals surface area contributed by atoms with E-state index in [1.165, 1.54) is 0 Å². The Bertz CT molecular complexity index is 738. The number of hydrogen-bond donors (Lipinski definition) is 0. The molecule has 5 heteroatoms. The summed E-state index contributed by atoms with van der Waals surface area (Å²) in [5.74, 6) is 2.50. The van der Waals surface area contributed by atoms with E-state index in [4.69, 9.17) is 18.9 Å². The molecule has 5 nitrogen and oxygen atoms in total. The first kappa shape index (κ1) is 15.2. The van der Waals surface area contributed by atoms with Crippen molar-refractivity contribution in [3.63, 3.8) is 0 Å². The molecular weight excluding hydrogens is 296 g/mol. The van der Waals surface area contributed by atoms with Crippen LogP contribution in [-0.4, -0.2) is 27.1 Å². The first-order valence-electron chi connectivity index (χ1n) is 7.26. The van der Waals surface area contributed by atoms with Crippen LogP contribution in [-0.2, 0) is 0 Å². The van der Waals surface area contributed by atoms with E-state index < -0.39 is 0 Å². The molecule has 0 saturated heterocycles. The van der Waals surface area contributed by atoms with E-state index in [1.54, 1.807) is 39.5 Å². The lowest BCUT2D eigenvalue weighted by Gasteiger charge is -2.26. The summed E-state index contributed by atoms with van der Waals surface area (Å²) in [6.07, 6.45) is -0.0728. The van der Waals surface area contributed by atoms with Gasteiger partial charge in [0.1, 0.15) is 17.6 Å². The van der Waals surface area contributed by atoms with Crippen molar-refractivity contribution in [3.8, 4) is 23.0 Å². The van der Waals surface area contributed by atoms with Gasteiger partial charge in [0, 0.05) is 6.07 Å². The first-order chi connectivity index (χ1) is 11.2. The Kier molecular flexibility index (Phi) is 4.10. The average molecular weight is 314 g/mol. The van der Waals surface area contributed by atoms with Crippen molar-refractivity contribution in [2.45, 2.75) is 12.5 Å². The largest absolute Gasteiger partial charge is 0.497 e. The molecule has 120 valence electrons. The molecule has 0 fully saturated rings. The van der Waals surface area contributed by atoms with E-state index in [9.17, 15) is 4.79 Å². The predicted molar refractivity (Wildman–Crippen MR) is 84.9 cm³/mol. The Morgan fingerprint density at radius 2 is 1.74 bits per heavy atom. The lowest BCUT2D eigenvalue weighted by atomic mass is 9.96. The maximum absolute atomic E-state index is 12.4. The summed E-state index contributed by atoms with van der Waals surface area (Å²) in [6.45, 7) is 0. The second kappa shape index (κ2) is 6.20. The molecule has 0 N–H and O–H groups in total. The average Bonchev–Trinajstić information content (AvgIpc) is 2.60. The minimum absolute atomic E-state index is 0.0497. The zero-order valence-corrected chi connectivity index (χ0v) is 13.3. The molecule has 0 amide bonds. The highest BCUT2D eigenvalue weighted by atomic mass is 16.5. The van der Waals surface area contributed by atoms with Gasteiger partial charge in [-0.25, -0.2) is 0 Å². The standard InChI is InChI=1S/C18H18O5/c1-20-12-5-6-13-14(19)10-16(23-17(13)9-12)11-4-7-15(21-2)18(8-11)22-3/h4-9,16H,10H2,1-3H3. The van der Waals surface area contributed by atoms with E-state index in [0.717, 1.165) is 5.56 Å². The van der Waals surface area contributed by atoms with E-state index >= 15 is 0 Å². The van der Waals surface area contributed by atoms with Gasteiger partial charge in [0.25, 0.3) is 0 Å². The van der Waals surface area contributed by atoms with Gasteiger partial charge in [0.2, 0.25) is 0 Å². The van der Waals surface area contributed by atoms with Crippen molar-refractivity contribution >= 4 is 5.78 Å². The highest BCUT2D eigenvalue weighted by Crippen LogP contribution is 2.39. The molecular formula is C18H18O5. The zero-order valence-electron chi connectivity index (χ0n) is 13.3. The van der Waals surface area contributed by atoms with Crippen LogP contribution < -0.4 is 18.9 Å². The van der Waals surface area contributed by atoms with E-state index in [0.29, 0.717) is 28.6 Å². The molecule has 1 heterocycles. The van der Waals surface area contributed by atoms with Crippen LogP contribution in [0.5, 0.6) is 23.0 Å².